The molecule has 0 unspecified atom stereocenters. The van der Waals surface area contributed by atoms with Crippen LogP contribution >= 0.6 is 0 Å². The summed E-state index contributed by atoms with van der Waals surface area (Å²) in [6, 6.07) is 20.1. The Hall–Kier alpha value is -3.08. The summed E-state index contributed by atoms with van der Waals surface area (Å²) in [5, 5.41) is 4.77. The summed E-state index contributed by atoms with van der Waals surface area (Å²) in [7, 11) is 1.89. The van der Waals surface area contributed by atoms with Gasteiger partial charge in [-0.2, -0.15) is 5.10 Å². The number of para-hydroxylation sites is 1. The number of rotatable bonds is 7. The van der Waals surface area contributed by atoms with Gasteiger partial charge in [0.1, 0.15) is 11.4 Å². The predicted molar refractivity (Wildman–Crippen MR) is 114 cm³/mol. The van der Waals surface area contributed by atoms with Crippen molar-refractivity contribution in [2.75, 3.05) is 0 Å². The number of aryl methyl sites for hydroxylation is 1. The average Bonchev–Trinajstić information content (AvgIpc) is 3.53. The molecule has 0 radical (unpaired) electrons. The van der Waals surface area contributed by atoms with Gasteiger partial charge in [-0.3, -0.25) is 4.79 Å². The summed E-state index contributed by atoms with van der Waals surface area (Å²) in [6.07, 6.45) is 2.13. The molecule has 3 aromatic rings. The molecule has 1 fully saturated rings. The van der Waals surface area contributed by atoms with E-state index in [-0.39, 0.29) is 11.8 Å². The number of amides is 1. The highest BCUT2D eigenvalue weighted by Gasteiger charge is 2.35. The molecule has 1 aromatic heterocycles. The summed E-state index contributed by atoms with van der Waals surface area (Å²) in [5.41, 5.74) is 2.83. The van der Waals surface area contributed by atoms with Crippen LogP contribution in [0.15, 0.2) is 60.7 Å². The van der Waals surface area contributed by atoms with Gasteiger partial charge in [0.2, 0.25) is 11.8 Å². The molecule has 0 bridgehead atoms. The molecule has 29 heavy (non-hydrogen) atoms. The normalized spacial score (nSPS) is 13.5. The fraction of sp³-hybridized carbons (Fsp3) is 0.333. The summed E-state index contributed by atoms with van der Waals surface area (Å²) >= 11 is 0. The number of benzene rings is 2. The van der Waals surface area contributed by atoms with Crippen molar-refractivity contribution in [2.24, 2.45) is 13.0 Å². The number of hydrogen-bond acceptors (Lipinski definition) is 3. The first-order valence-electron chi connectivity index (χ1n) is 10.2. The second-order valence-corrected chi connectivity index (χ2v) is 7.89. The molecule has 0 saturated heterocycles. The summed E-state index contributed by atoms with van der Waals surface area (Å²) in [4.78, 5) is 14.9. The zero-order valence-corrected chi connectivity index (χ0v) is 17.2. The third-order valence-corrected chi connectivity index (χ3v) is 5.19. The van der Waals surface area contributed by atoms with Gasteiger partial charge in [-0.25, -0.2) is 4.68 Å². The highest BCUT2D eigenvalue weighted by molar-refractivity contribution is 5.79. The summed E-state index contributed by atoms with van der Waals surface area (Å²) in [6.45, 7) is 4.42. The first-order chi connectivity index (χ1) is 14.0. The predicted octanol–water partition coefficient (Wildman–Crippen LogP) is 5.03. The highest BCUT2D eigenvalue weighted by atomic mass is 16.5. The van der Waals surface area contributed by atoms with E-state index < -0.39 is 0 Å². The third kappa shape index (κ3) is 4.19. The maximum atomic E-state index is 12.9. The van der Waals surface area contributed by atoms with Gasteiger partial charge in [0.15, 0.2) is 0 Å². The van der Waals surface area contributed by atoms with Gasteiger partial charge >= 0.3 is 0 Å². The Labute approximate surface area is 171 Å². The molecule has 0 spiro atoms. The molecule has 1 saturated carbocycles. The fourth-order valence-corrected chi connectivity index (χ4v) is 3.53. The van der Waals surface area contributed by atoms with Crippen molar-refractivity contribution in [1.29, 1.82) is 0 Å². The van der Waals surface area contributed by atoms with Crippen LogP contribution in [0, 0.1) is 5.92 Å². The van der Waals surface area contributed by atoms with E-state index >= 15 is 0 Å². The van der Waals surface area contributed by atoms with Crippen LogP contribution in [0.1, 0.15) is 32.3 Å². The van der Waals surface area contributed by atoms with Crippen LogP contribution in [0.2, 0.25) is 0 Å². The van der Waals surface area contributed by atoms with Crippen LogP contribution in [0.3, 0.4) is 0 Å². The number of hydrogen-bond donors (Lipinski definition) is 0. The minimum atomic E-state index is -0.0362. The Bertz CT molecular complexity index is 976. The largest absolute Gasteiger partial charge is 0.439 e. The zero-order valence-electron chi connectivity index (χ0n) is 17.2. The lowest BCUT2D eigenvalue weighted by molar-refractivity contribution is -0.135. The molecule has 0 atom stereocenters. The fourth-order valence-electron chi connectivity index (χ4n) is 3.53. The first-order valence-corrected chi connectivity index (χ1v) is 10.2. The standard InChI is InChI=1S/C24H27N3O2/c1-17(2)23(28)27(19-14-15-19)16-21-22(18-10-6-4-7-11-18)25-26(3)24(21)29-20-12-8-5-9-13-20/h4-13,17,19H,14-16H2,1-3H3. The molecule has 1 aliphatic rings. The number of carbonyl (C=O) groups excluding carboxylic acids is 1. The van der Waals surface area contributed by atoms with Gasteiger partial charge < -0.3 is 9.64 Å². The van der Waals surface area contributed by atoms with Crippen molar-refractivity contribution in [3.63, 3.8) is 0 Å². The maximum Gasteiger partial charge on any atom is 0.225 e. The molecule has 0 N–H and O–H groups in total. The molecule has 1 amide bonds. The van der Waals surface area contributed by atoms with Crippen LogP contribution in [-0.4, -0.2) is 26.6 Å². The van der Waals surface area contributed by atoms with E-state index in [0.717, 1.165) is 35.4 Å². The van der Waals surface area contributed by atoms with Crippen molar-refractivity contribution in [1.82, 2.24) is 14.7 Å². The molecule has 0 aliphatic heterocycles. The van der Waals surface area contributed by atoms with Crippen LogP contribution < -0.4 is 4.74 Å². The Balaban J connectivity index is 1.77. The summed E-state index contributed by atoms with van der Waals surface area (Å²) < 4.78 is 8.02. The molecule has 4 rings (SSSR count). The van der Waals surface area contributed by atoms with E-state index in [2.05, 4.69) is 0 Å². The minimum Gasteiger partial charge on any atom is -0.439 e. The van der Waals surface area contributed by atoms with Crippen molar-refractivity contribution >= 4 is 5.91 Å². The van der Waals surface area contributed by atoms with Gasteiger partial charge in [0.05, 0.1) is 12.1 Å². The third-order valence-electron chi connectivity index (χ3n) is 5.19. The first kappa shape index (κ1) is 19.2. The number of ether oxygens (including phenoxy) is 1. The number of aromatic nitrogens is 2. The van der Waals surface area contributed by atoms with Gasteiger partial charge in [-0.15, -0.1) is 0 Å². The quantitative estimate of drug-likeness (QED) is 0.570. The van der Waals surface area contributed by atoms with Gasteiger partial charge in [-0.1, -0.05) is 62.4 Å². The second-order valence-electron chi connectivity index (χ2n) is 7.89. The van der Waals surface area contributed by atoms with Crippen LogP contribution in [0.5, 0.6) is 11.6 Å². The molecule has 5 heteroatoms. The Morgan fingerprint density at radius 2 is 1.72 bits per heavy atom. The smallest absolute Gasteiger partial charge is 0.225 e. The van der Waals surface area contributed by atoms with Crippen LogP contribution in [-0.2, 0) is 18.4 Å². The maximum absolute atomic E-state index is 12.9. The van der Waals surface area contributed by atoms with E-state index in [1.165, 1.54) is 0 Å². The Morgan fingerprint density at radius 3 is 2.31 bits per heavy atom. The zero-order chi connectivity index (χ0) is 20.4. The van der Waals surface area contributed by atoms with E-state index in [4.69, 9.17) is 9.84 Å². The topological polar surface area (TPSA) is 47.4 Å². The Morgan fingerprint density at radius 1 is 1.10 bits per heavy atom. The number of carbonyl (C=O) groups is 1. The molecule has 2 aromatic carbocycles. The van der Waals surface area contributed by atoms with Crippen molar-refractivity contribution in [3.05, 3.63) is 66.2 Å². The molecule has 1 heterocycles. The number of nitrogens with zero attached hydrogens (tertiary/aromatic N) is 3. The van der Waals surface area contributed by atoms with Crippen molar-refractivity contribution < 1.29 is 9.53 Å². The molecule has 150 valence electrons. The highest BCUT2D eigenvalue weighted by Crippen LogP contribution is 2.37. The monoisotopic (exact) mass is 389 g/mol. The van der Waals surface area contributed by atoms with Crippen molar-refractivity contribution in [3.8, 4) is 22.9 Å². The van der Waals surface area contributed by atoms with Gasteiger partial charge in [0, 0.05) is 24.6 Å². The SMILES string of the molecule is CC(C)C(=O)N(Cc1c(-c2ccccc2)nn(C)c1Oc1ccccc1)C1CC1. The van der Waals surface area contributed by atoms with E-state index in [1.807, 2.05) is 86.5 Å². The minimum absolute atomic E-state index is 0.0362. The molecular formula is C24H27N3O2. The van der Waals surface area contributed by atoms with Crippen LogP contribution in [0.25, 0.3) is 11.3 Å². The second kappa shape index (κ2) is 8.11. The van der Waals surface area contributed by atoms with Gasteiger partial charge in [0.25, 0.3) is 0 Å². The summed E-state index contributed by atoms with van der Waals surface area (Å²) in [5.74, 6) is 1.58. The van der Waals surface area contributed by atoms with E-state index in [0.29, 0.717) is 18.5 Å². The molecule has 5 nitrogen and oxygen atoms in total. The lowest BCUT2D eigenvalue weighted by Gasteiger charge is -2.25. The van der Waals surface area contributed by atoms with Gasteiger partial charge in [-0.05, 0) is 25.0 Å². The van der Waals surface area contributed by atoms with E-state index in [9.17, 15) is 4.79 Å². The van der Waals surface area contributed by atoms with E-state index in [1.54, 1.807) is 4.68 Å². The van der Waals surface area contributed by atoms with Crippen LogP contribution in [0.4, 0.5) is 0 Å². The lowest BCUT2D eigenvalue weighted by atomic mass is 10.1. The Kier molecular flexibility index (Phi) is 5.38. The lowest BCUT2D eigenvalue weighted by Crippen LogP contribution is -2.35. The molecular weight excluding hydrogens is 362 g/mol. The van der Waals surface area contributed by atoms with Crippen molar-refractivity contribution in [2.45, 2.75) is 39.3 Å². The molecule has 1 aliphatic carbocycles. The average molecular weight is 389 g/mol.